The minimum Gasteiger partial charge on any atom is -0.475 e. The smallest absolute Gasteiger partial charge is 0.475 e. The number of hydrogen-bond acceptors (Lipinski definition) is 3. The van der Waals surface area contributed by atoms with Crippen LogP contribution in [0.1, 0.15) is 11.4 Å². The van der Waals surface area contributed by atoms with Gasteiger partial charge in [-0.05, 0) is 31.5 Å². The number of aromatic amines is 1. The lowest BCUT2D eigenvalue weighted by Gasteiger charge is -2.06. The number of fused-ring (bicyclic) bond motifs is 1. The highest BCUT2D eigenvalue weighted by atomic mass is 19.4. The molecule has 5 nitrogen and oxygen atoms in total. The maximum Gasteiger partial charge on any atom is 0.490 e. The summed E-state index contributed by atoms with van der Waals surface area (Å²) in [5.41, 5.74) is 5.52. The van der Waals surface area contributed by atoms with E-state index < -0.39 is 12.1 Å². The van der Waals surface area contributed by atoms with E-state index in [1.54, 1.807) is 0 Å². The Morgan fingerprint density at radius 3 is 2.38 bits per heavy atom. The van der Waals surface area contributed by atoms with Gasteiger partial charge >= 0.3 is 12.1 Å². The van der Waals surface area contributed by atoms with Crippen LogP contribution in [0, 0.1) is 13.8 Å². The van der Waals surface area contributed by atoms with E-state index in [4.69, 9.17) is 9.90 Å². The molecule has 3 aromatic rings. The molecule has 0 saturated heterocycles. The van der Waals surface area contributed by atoms with Crippen molar-refractivity contribution in [3.8, 4) is 11.1 Å². The first kappa shape index (κ1) is 17.5. The molecule has 0 aliphatic rings. The standard InChI is InChI=1S/C14H13N3.C2HF3O2/c1-9-14(10(2)17-16-9)12-5-3-7-13-11(12)6-4-8-15-13;3-2(4,5)1(6)7/h3-8H,1-2H3,(H,16,17);(H,6,7). The Balaban J connectivity index is 0.000000256. The number of aromatic nitrogens is 3. The fraction of sp³-hybridized carbons (Fsp3) is 0.188. The predicted molar refractivity (Wildman–Crippen MR) is 82.5 cm³/mol. The lowest BCUT2D eigenvalue weighted by molar-refractivity contribution is -0.192. The fourth-order valence-electron chi connectivity index (χ4n) is 2.27. The molecule has 0 saturated carbocycles. The summed E-state index contributed by atoms with van der Waals surface area (Å²) in [6.07, 6.45) is -3.26. The van der Waals surface area contributed by atoms with E-state index in [0.717, 1.165) is 16.9 Å². The van der Waals surface area contributed by atoms with E-state index >= 15 is 0 Å². The first-order valence-electron chi connectivity index (χ1n) is 6.87. The van der Waals surface area contributed by atoms with Gasteiger partial charge in [0.15, 0.2) is 0 Å². The van der Waals surface area contributed by atoms with Gasteiger partial charge in [0.05, 0.1) is 11.2 Å². The van der Waals surface area contributed by atoms with Crippen molar-refractivity contribution in [2.24, 2.45) is 0 Å². The summed E-state index contributed by atoms with van der Waals surface area (Å²) in [4.78, 5) is 13.3. The first-order chi connectivity index (χ1) is 11.2. The Labute approximate surface area is 135 Å². The van der Waals surface area contributed by atoms with Crippen molar-refractivity contribution in [3.63, 3.8) is 0 Å². The molecule has 2 aromatic heterocycles. The van der Waals surface area contributed by atoms with E-state index in [-0.39, 0.29) is 0 Å². The molecule has 3 rings (SSSR count). The van der Waals surface area contributed by atoms with Gasteiger partial charge in [-0.25, -0.2) is 4.79 Å². The molecule has 2 N–H and O–H groups in total. The highest BCUT2D eigenvalue weighted by molar-refractivity contribution is 5.95. The summed E-state index contributed by atoms with van der Waals surface area (Å²) in [5.74, 6) is -2.76. The van der Waals surface area contributed by atoms with Gasteiger partial charge in [-0.3, -0.25) is 10.1 Å². The van der Waals surface area contributed by atoms with Crippen LogP contribution >= 0.6 is 0 Å². The van der Waals surface area contributed by atoms with Crippen LogP contribution in [0.15, 0.2) is 36.5 Å². The number of rotatable bonds is 1. The summed E-state index contributed by atoms with van der Waals surface area (Å²) in [6.45, 7) is 4.07. The zero-order chi connectivity index (χ0) is 17.9. The average Bonchev–Trinajstić information content (AvgIpc) is 2.85. The Morgan fingerprint density at radius 2 is 1.83 bits per heavy atom. The van der Waals surface area contributed by atoms with Crippen LogP contribution in [-0.2, 0) is 4.79 Å². The van der Waals surface area contributed by atoms with Crippen LogP contribution in [-0.4, -0.2) is 32.4 Å². The van der Waals surface area contributed by atoms with Crippen molar-refractivity contribution in [2.75, 3.05) is 0 Å². The van der Waals surface area contributed by atoms with Crippen LogP contribution in [0.4, 0.5) is 13.2 Å². The minimum absolute atomic E-state index is 1.02. The normalized spacial score (nSPS) is 11.0. The van der Waals surface area contributed by atoms with E-state index in [0.29, 0.717) is 0 Å². The van der Waals surface area contributed by atoms with Gasteiger partial charge in [-0.15, -0.1) is 0 Å². The fourth-order valence-corrected chi connectivity index (χ4v) is 2.27. The molecule has 0 radical (unpaired) electrons. The molecule has 8 heteroatoms. The van der Waals surface area contributed by atoms with E-state index in [2.05, 4.69) is 27.3 Å². The van der Waals surface area contributed by atoms with Gasteiger partial charge < -0.3 is 5.11 Å². The number of benzene rings is 1. The number of nitrogens with zero attached hydrogens (tertiary/aromatic N) is 2. The van der Waals surface area contributed by atoms with Crippen molar-refractivity contribution < 1.29 is 23.1 Å². The molecule has 0 atom stereocenters. The number of nitrogens with one attached hydrogen (secondary N) is 1. The van der Waals surface area contributed by atoms with E-state index in [1.165, 1.54) is 16.5 Å². The molecule has 1 aromatic carbocycles. The van der Waals surface area contributed by atoms with E-state index in [1.807, 2.05) is 38.2 Å². The molecular formula is C16H14F3N3O2. The van der Waals surface area contributed by atoms with Crippen LogP contribution in [0.5, 0.6) is 0 Å². The molecule has 0 spiro atoms. The molecule has 0 bridgehead atoms. The topological polar surface area (TPSA) is 78.9 Å². The highest BCUT2D eigenvalue weighted by Gasteiger charge is 2.38. The van der Waals surface area contributed by atoms with Gasteiger partial charge in [-0.2, -0.15) is 18.3 Å². The Hall–Kier alpha value is -2.90. The zero-order valence-electron chi connectivity index (χ0n) is 12.8. The van der Waals surface area contributed by atoms with E-state index in [9.17, 15) is 13.2 Å². The van der Waals surface area contributed by atoms with Gasteiger partial charge in [0.25, 0.3) is 0 Å². The second-order valence-corrected chi connectivity index (χ2v) is 4.99. The quantitative estimate of drug-likeness (QED) is 0.706. The van der Waals surface area contributed by atoms with Crippen molar-refractivity contribution in [1.29, 1.82) is 0 Å². The molecule has 0 aliphatic heterocycles. The summed E-state index contributed by atoms with van der Waals surface area (Å²) in [6, 6.07) is 10.3. The average molecular weight is 337 g/mol. The van der Waals surface area contributed by atoms with Crippen molar-refractivity contribution in [1.82, 2.24) is 15.2 Å². The van der Waals surface area contributed by atoms with Crippen LogP contribution in [0.2, 0.25) is 0 Å². The van der Waals surface area contributed by atoms with Crippen molar-refractivity contribution >= 4 is 16.9 Å². The van der Waals surface area contributed by atoms with Crippen molar-refractivity contribution in [3.05, 3.63) is 47.9 Å². The number of pyridine rings is 1. The van der Waals surface area contributed by atoms with Crippen LogP contribution < -0.4 is 0 Å². The molecule has 0 fully saturated rings. The third-order valence-electron chi connectivity index (χ3n) is 3.29. The SMILES string of the molecule is Cc1n[nH]c(C)c1-c1cccc2ncccc12.O=C(O)C(F)(F)F. The second kappa shape index (κ2) is 6.69. The number of aryl methyl sites for hydroxylation is 2. The molecular weight excluding hydrogens is 323 g/mol. The molecule has 2 heterocycles. The lowest BCUT2D eigenvalue weighted by atomic mass is 9.99. The summed E-state index contributed by atoms with van der Waals surface area (Å²) in [7, 11) is 0. The maximum atomic E-state index is 10.6. The summed E-state index contributed by atoms with van der Waals surface area (Å²) >= 11 is 0. The Morgan fingerprint density at radius 1 is 1.17 bits per heavy atom. The number of alkyl halides is 3. The largest absolute Gasteiger partial charge is 0.490 e. The van der Waals surface area contributed by atoms with Crippen molar-refractivity contribution in [2.45, 2.75) is 20.0 Å². The van der Waals surface area contributed by atoms with Gasteiger partial charge in [0, 0.05) is 22.8 Å². The Kier molecular flexibility index (Phi) is 4.87. The number of H-pyrrole nitrogens is 1. The second-order valence-electron chi connectivity index (χ2n) is 4.99. The molecule has 0 unspecified atom stereocenters. The van der Waals surface area contributed by atoms with Gasteiger partial charge in [-0.1, -0.05) is 18.2 Å². The number of hydrogen-bond donors (Lipinski definition) is 2. The number of carboxylic acids is 1. The third-order valence-corrected chi connectivity index (χ3v) is 3.29. The van der Waals surface area contributed by atoms with Crippen LogP contribution in [0.3, 0.4) is 0 Å². The Bertz CT molecular complexity index is 848. The lowest BCUT2D eigenvalue weighted by Crippen LogP contribution is -2.21. The van der Waals surface area contributed by atoms with Gasteiger partial charge in [0.1, 0.15) is 0 Å². The molecule has 0 amide bonds. The monoisotopic (exact) mass is 337 g/mol. The molecule has 24 heavy (non-hydrogen) atoms. The number of carbonyl (C=O) groups is 1. The number of aliphatic carboxylic acids is 1. The third kappa shape index (κ3) is 3.70. The van der Waals surface area contributed by atoms with Crippen LogP contribution in [0.25, 0.3) is 22.0 Å². The maximum absolute atomic E-state index is 10.6. The number of carboxylic acid groups (broad SMARTS) is 1. The highest BCUT2D eigenvalue weighted by Crippen LogP contribution is 2.31. The minimum atomic E-state index is -5.08. The molecule has 0 aliphatic carbocycles. The summed E-state index contributed by atoms with van der Waals surface area (Å²) in [5, 5.41) is 15.6. The predicted octanol–water partition coefficient (Wildman–Crippen LogP) is 3.88. The van der Waals surface area contributed by atoms with Gasteiger partial charge in [0.2, 0.25) is 0 Å². The number of halogens is 3. The zero-order valence-corrected chi connectivity index (χ0v) is 12.8. The molecule has 126 valence electrons. The summed E-state index contributed by atoms with van der Waals surface area (Å²) < 4.78 is 31.7. The first-order valence-corrected chi connectivity index (χ1v) is 6.87.